The third-order valence-electron chi connectivity index (χ3n) is 4.45. The van der Waals surface area contributed by atoms with Gasteiger partial charge in [-0.15, -0.1) is 0 Å². The number of amides is 1. The lowest BCUT2D eigenvalue weighted by Crippen LogP contribution is -2.31. The Hall–Kier alpha value is -2.73. The Labute approximate surface area is 160 Å². The van der Waals surface area contributed by atoms with Gasteiger partial charge in [-0.1, -0.05) is 18.2 Å². The van der Waals surface area contributed by atoms with E-state index in [4.69, 9.17) is 14.2 Å². The minimum absolute atomic E-state index is 0.0228. The number of likely N-dealkylation sites (N-methyl/N-ethyl adjacent to an activating group) is 1. The number of nitrogens with zero attached hydrogens (tertiary/aromatic N) is 1. The summed E-state index contributed by atoms with van der Waals surface area (Å²) in [6, 6.07) is 12.9. The number of methoxy groups -OCH3 is 3. The molecule has 1 unspecified atom stereocenters. The van der Waals surface area contributed by atoms with Gasteiger partial charge in [0.1, 0.15) is 5.75 Å². The molecule has 0 saturated heterocycles. The predicted molar refractivity (Wildman–Crippen MR) is 103 cm³/mol. The van der Waals surface area contributed by atoms with Crippen molar-refractivity contribution in [2.24, 2.45) is 0 Å². The van der Waals surface area contributed by atoms with Crippen LogP contribution in [0, 0.1) is 0 Å². The largest absolute Gasteiger partial charge is 0.497 e. The molecule has 1 N–H and O–H groups in total. The Morgan fingerprint density at radius 3 is 2.26 bits per heavy atom. The summed E-state index contributed by atoms with van der Waals surface area (Å²) in [4.78, 5) is 13.9. The molecule has 0 fully saturated rings. The Kier molecular flexibility index (Phi) is 7.49. The topological polar surface area (TPSA) is 68.2 Å². The summed E-state index contributed by atoms with van der Waals surface area (Å²) in [5.41, 5.74) is 1.74. The van der Waals surface area contributed by atoms with Gasteiger partial charge in [0.25, 0.3) is 0 Å². The van der Waals surface area contributed by atoms with E-state index in [1.807, 2.05) is 24.3 Å². The third-order valence-corrected chi connectivity index (χ3v) is 4.45. The zero-order valence-corrected chi connectivity index (χ0v) is 16.3. The van der Waals surface area contributed by atoms with Gasteiger partial charge < -0.3 is 24.2 Å². The summed E-state index contributed by atoms with van der Waals surface area (Å²) in [6.45, 7) is 0.205. The first-order valence-electron chi connectivity index (χ1n) is 8.75. The van der Waals surface area contributed by atoms with Gasteiger partial charge in [-0.25, -0.2) is 0 Å². The number of aryl methyl sites for hydroxylation is 1. The molecule has 27 heavy (non-hydrogen) atoms. The molecular weight excluding hydrogens is 346 g/mol. The molecule has 0 aromatic heterocycles. The molecule has 0 heterocycles. The number of carbonyl (C=O) groups is 1. The first kappa shape index (κ1) is 20.6. The second-order valence-corrected chi connectivity index (χ2v) is 6.25. The predicted octanol–water partition coefficient (Wildman–Crippen LogP) is 2.84. The summed E-state index contributed by atoms with van der Waals surface area (Å²) >= 11 is 0. The van der Waals surface area contributed by atoms with Gasteiger partial charge >= 0.3 is 0 Å². The number of aliphatic hydroxyl groups excluding tert-OH is 1. The Balaban J connectivity index is 1.90. The summed E-state index contributed by atoms with van der Waals surface area (Å²) in [6.07, 6.45) is 0.209. The molecule has 2 aromatic carbocycles. The Morgan fingerprint density at radius 1 is 1.00 bits per heavy atom. The lowest BCUT2D eigenvalue weighted by atomic mass is 10.1. The van der Waals surface area contributed by atoms with E-state index in [1.54, 1.807) is 51.5 Å². The summed E-state index contributed by atoms with van der Waals surface area (Å²) in [5, 5.41) is 10.5. The number of hydrogen-bond donors (Lipinski definition) is 1. The maximum atomic E-state index is 12.4. The van der Waals surface area contributed by atoms with Crippen molar-refractivity contribution >= 4 is 5.91 Å². The van der Waals surface area contributed by atoms with Gasteiger partial charge in [-0.05, 0) is 41.8 Å². The molecule has 0 radical (unpaired) electrons. The van der Waals surface area contributed by atoms with E-state index >= 15 is 0 Å². The van der Waals surface area contributed by atoms with Gasteiger partial charge in [0.05, 0.1) is 34.0 Å². The number of benzene rings is 2. The van der Waals surface area contributed by atoms with Crippen LogP contribution >= 0.6 is 0 Å². The molecule has 0 aliphatic carbocycles. The number of hydrogen-bond acceptors (Lipinski definition) is 5. The molecule has 0 saturated carbocycles. The quantitative estimate of drug-likeness (QED) is 0.732. The van der Waals surface area contributed by atoms with Crippen molar-refractivity contribution in [1.82, 2.24) is 4.90 Å². The highest BCUT2D eigenvalue weighted by atomic mass is 16.5. The minimum atomic E-state index is -0.806. The average Bonchev–Trinajstić information content (AvgIpc) is 2.71. The second kappa shape index (κ2) is 9.83. The minimum Gasteiger partial charge on any atom is -0.497 e. The summed E-state index contributed by atoms with van der Waals surface area (Å²) < 4.78 is 15.6. The van der Waals surface area contributed by atoms with Crippen molar-refractivity contribution in [2.75, 3.05) is 34.9 Å². The van der Waals surface area contributed by atoms with E-state index in [0.717, 1.165) is 11.3 Å². The molecule has 0 bridgehead atoms. The van der Waals surface area contributed by atoms with Crippen LogP contribution in [0.3, 0.4) is 0 Å². The number of carbonyl (C=O) groups excluding carboxylic acids is 1. The van der Waals surface area contributed by atoms with Crippen LogP contribution in [0.4, 0.5) is 0 Å². The standard InChI is InChI=1S/C21H27NO5/c1-22(21(24)12-7-15-5-9-17(25-2)10-6-15)14-18(23)16-8-11-19(26-3)20(13-16)27-4/h5-6,8-11,13,18,23H,7,12,14H2,1-4H3. The van der Waals surface area contributed by atoms with Crippen molar-refractivity contribution < 1.29 is 24.1 Å². The zero-order chi connectivity index (χ0) is 19.8. The normalized spacial score (nSPS) is 11.6. The number of rotatable bonds is 9. The zero-order valence-electron chi connectivity index (χ0n) is 16.3. The van der Waals surface area contributed by atoms with E-state index in [1.165, 1.54) is 0 Å². The van der Waals surface area contributed by atoms with Crippen LogP contribution in [-0.4, -0.2) is 50.8 Å². The van der Waals surface area contributed by atoms with Gasteiger partial charge in [-0.2, -0.15) is 0 Å². The highest BCUT2D eigenvalue weighted by Crippen LogP contribution is 2.30. The molecule has 0 aliphatic heterocycles. The molecule has 1 amide bonds. The van der Waals surface area contributed by atoms with Crippen molar-refractivity contribution in [3.05, 3.63) is 53.6 Å². The fraction of sp³-hybridized carbons (Fsp3) is 0.381. The first-order valence-corrected chi connectivity index (χ1v) is 8.75. The van der Waals surface area contributed by atoms with E-state index in [0.29, 0.717) is 29.9 Å². The fourth-order valence-corrected chi connectivity index (χ4v) is 2.76. The van der Waals surface area contributed by atoms with Crippen molar-refractivity contribution in [1.29, 1.82) is 0 Å². The fourth-order valence-electron chi connectivity index (χ4n) is 2.76. The molecule has 6 heteroatoms. The average molecular weight is 373 g/mol. The number of ether oxygens (including phenoxy) is 3. The highest BCUT2D eigenvalue weighted by molar-refractivity contribution is 5.76. The number of aliphatic hydroxyl groups is 1. The molecule has 2 rings (SSSR count). The lowest BCUT2D eigenvalue weighted by Gasteiger charge is -2.22. The van der Waals surface area contributed by atoms with Crippen LogP contribution in [0.2, 0.25) is 0 Å². The van der Waals surface area contributed by atoms with Crippen molar-refractivity contribution in [2.45, 2.75) is 18.9 Å². The molecule has 0 spiro atoms. The van der Waals surface area contributed by atoms with E-state index in [2.05, 4.69) is 0 Å². The van der Waals surface area contributed by atoms with Crippen molar-refractivity contribution in [3.8, 4) is 17.2 Å². The SMILES string of the molecule is COc1ccc(CCC(=O)N(C)CC(O)c2ccc(OC)c(OC)c2)cc1. The Morgan fingerprint density at radius 2 is 1.67 bits per heavy atom. The van der Waals surface area contributed by atoms with Crippen LogP contribution in [0.15, 0.2) is 42.5 Å². The van der Waals surface area contributed by atoms with E-state index < -0.39 is 6.10 Å². The van der Waals surface area contributed by atoms with Gasteiger partial charge in [0.15, 0.2) is 11.5 Å². The van der Waals surface area contributed by atoms with Crippen molar-refractivity contribution in [3.63, 3.8) is 0 Å². The summed E-state index contributed by atoms with van der Waals surface area (Å²) in [7, 11) is 6.42. The molecule has 2 aromatic rings. The van der Waals surface area contributed by atoms with Crippen LogP contribution in [0.25, 0.3) is 0 Å². The molecule has 6 nitrogen and oxygen atoms in total. The first-order chi connectivity index (χ1) is 13.0. The van der Waals surface area contributed by atoms with Gasteiger partial charge in [-0.3, -0.25) is 4.79 Å². The van der Waals surface area contributed by atoms with E-state index in [9.17, 15) is 9.90 Å². The Bertz CT molecular complexity index is 745. The highest BCUT2D eigenvalue weighted by Gasteiger charge is 2.17. The van der Waals surface area contributed by atoms with Gasteiger partial charge in [0.2, 0.25) is 5.91 Å². The smallest absolute Gasteiger partial charge is 0.222 e. The van der Waals surface area contributed by atoms with Crippen LogP contribution in [0.5, 0.6) is 17.2 Å². The van der Waals surface area contributed by atoms with Crippen LogP contribution in [-0.2, 0) is 11.2 Å². The van der Waals surface area contributed by atoms with Crippen LogP contribution in [0.1, 0.15) is 23.7 Å². The maximum absolute atomic E-state index is 12.4. The third kappa shape index (κ3) is 5.62. The molecule has 1 atom stereocenters. The maximum Gasteiger partial charge on any atom is 0.222 e. The summed E-state index contributed by atoms with van der Waals surface area (Å²) in [5.74, 6) is 1.91. The molecule has 0 aliphatic rings. The molecular formula is C21H27NO5. The second-order valence-electron chi connectivity index (χ2n) is 6.25. The lowest BCUT2D eigenvalue weighted by molar-refractivity contribution is -0.131. The van der Waals surface area contributed by atoms with E-state index in [-0.39, 0.29) is 12.5 Å². The molecule has 146 valence electrons. The monoisotopic (exact) mass is 373 g/mol. The van der Waals surface area contributed by atoms with Crippen LogP contribution < -0.4 is 14.2 Å². The van der Waals surface area contributed by atoms with Gasteiger partial charge in [0, 0.05) is 13.5 Å².